The summed E-state index contributed by atoms with van der Waals surface area (Å²) >= 11 is 7.69. The molecule has 1 aromatic heterocycles. The van der Waals surface area contributed by atoms with Crippen molar-refractivity contribution in [3.8, 4) is 11.1 Å². The Bertz CT molecular complexity index is 883. The number of carbonyl (C=O) groups is 1. The van der Waals surface area contributed by atoms with Gasteiger partial charge in [0.25, 0.3) is 5.91 Å². The van der Waals surface area contributed by atoms with Crippen molar-refractivity contribution < 1.29 is 4.79 Å². The minimum absolute atomic E-state index is 0.192. The smallest absolute Gasteiger partial charge is 0.258 e. The number of rotatable bonds is 4. The number of thioether (sulfide) groups is 1. The number of benzene rings is 2. The van der Waals surface area contributed by atoms with E-state index in [1.54, 1.807) is 30.1 Å². The largest absolute Gasteiger partial charge is 0.321 e. The Morgan fingerprint density at radius 2 is 1.71 bits per heavy atom. The average Bonchev–Trinajstić information content (AvgIpc) is 2.62. The van der Waals surface area contributed by atoms with Crippen LogP contribution < -0.4 is 5.32 Å². The normalized spacial score (nSPS) is 10.4. The van der Waals surface area contributed by atoms with Gasteiger partial charge in [0.2, 0.25) is 0 Å². The minimum atomic E-state index is -0.276. The van der Waals surface area contributed by atoms with Gasteiger partial charge in [-0.3, -0.25) is 4.79 Å². The van der Waals surface area contributed by atoms with Crippen LogP contribution in [-0.2, 0) is 0 Å². The van der Waals surface area contributed by atoms with Gasteiger partial charge in [-0.1, -0.05) is 48.0 Å². The fourth-order valence-corrected chi connectivity index (χ4v) is 3.26. The molecule has 3 aromatic rings. The summed E-state index contributed by atoms with van der Waals surface area (Å²) in [6, 6.07) is 19.2. The summed E-state index contributed by atoms with van der Waals surface area (Å²) in [6.07, 6.45) is 3.59. The maximum Gasteiger partial charge on any atom is 0.258 e. The molecule has 0 unspecified atom stereocenters. The van der Waals surface area contributed by atoms with Crippen molar-refractivity contribution in [1.82, 2.24) is 4.98 Å². The first-order valence-electron chi connectivity index (χ1n) is 7.35. The number of nitrogens with zero attached hydrogens (tertiary/aromatic N) is 1. The lowest BCUT2D eigenvalue weighted by atomic mass is 10.0. The lowest BCUT2D eigenvalue weighted by Crippen LogP contribution is -2.13. The highest BCUT2D eigenvalue weighted by atomic mass is 35.5. The Morgan fingerprint density at radius 1 is 1.00 bits per heavy atom. The SMILES string of the molecule is CSc1ccccc1-c1ccccc1NC(=O)c1cccnc1Cl. The lowest BCUT2D eigenvalue weighted by molar-refractivity contribution is 0.102. The highest BCUT2D eigenvalue weighted by Gasteiger charge is 2.14. The summed E-state index contributed by atoms with van der Waals surface area (Å²) in [5, 5.41) is 3.14. The molecule has 0 aliphatic carbocycles. The minimum Gasteiger partial charge on any atom is -0.321 e. The first kappa shape index (κ1) is 16.6. The molecule has 1 amide bonds. The van der Waals surface area contributed by atoms with E-state index in [1.165, 1.54) is 0 Å². The molecule has 2 aromatic carbocycles. The molecule has 1 N–H and O–H groups in total. The van der Waals surface area contributed by atoms with Gasteiger partial charge >= 0.3 is 0 Å². The molecule has 1 heterocycles. The van der Waals surface area contributed by atoms with Crippen molar-refractivity contribution in [2.24, 2.45) is 0 Å². The molecule has 0 atom stereocenters. The molecule has 3 rings (SSSR count). The second-order valence-corrected chi connectivity index (χ2v) is 6.25. The molecule has 0 fully saturated rings. The average molecular weight is 355 g/mol. The Morgan fingerprint density at radius 3 is 2.46 bits per heavy atom. The first-order chi connectivity index (χ1) is 11.7. The van der Waals surface area contributed by atoms with Crippen LogP contribution in [0.5, 0.6) is 0 Å². The number of carbonyl (C=O) groups excluding carboxylic acids is 1. The molecule has 120 valence electrons. The summed E-state index contributed by atoms with van der Waals surface area (Å²) in [5.41, 5.74) is 3.14. The molecular weight excluding hydrogens is 340 g/mol. The monoisotopic (exact) mass is 354 g/mol. The van der Waals surface area contributed by atoms with E-state index in [0.29, 0.717) is 5.56 Å². The van der Waals surface area contributed by atoms with Crippen LogP contribution >= 0.6 is 23.4 Å². The van der Waals surface area contributed by atoms with Crippen LogP contribution in [0.25, 0.3) is 11.1 Å². The Balaban J connectivity index is 1.99. The van der Waals surface area contributed by atoms with E-state index in [1.807, 2.05) is 48.7 Å². The zero-order valence-electron chi connectivity index (χ0n) is 13.0. The maximum atomic E-state index is 12.5. The molecule has 0 bridgehead atoms. The Labute approximate surface area is 150 Å². The Kier molecular flexibility index (Phi) is 5.18. The third kappa shape index (κ3) is 3.45. The van der Waals surface area contributed by atoms with E-state index in [4.69, 9.17) is 11.6 Å². The quantitative estimate of drug-likeness (QED) is 0.505. The molecule has 0 aliphatic rings. The number of aromatic nitrogens is 1. The highest BCUT2D eigenvalue weighted by Crippen LogP contribution is 2.34. The number of anilines is 1. The van der Waals surface area contributed by atoms with Gasteiger partial charge in [0, 0.05) is 22.3 Å². The van der Waals surface area contributed by atoms with Crippen LogP contribution in [0.15, 0.2) is 71.8 Å². The molecule has 3 nitrogen and oxygen atoms in total. The van der Waals surface area contributed by atoms with Crippen molar-refractivity contribution in [3.63, 3.8) is 0 Å². The van der Waals surface area contributed by atoms with Gasteiger partial charge in [-0.2, -0.15) is 0 Å². The van der Waals surface area contributed by atoms with Crippen LogP contribution in [0.2, 0.25) is 5.15 Å². The summed E-state index contributed by atoms with van der Waals surface area (Å²) < 4.78 is 0. The number of hydrogen-bond acceptors (Lipinski definition) is 3. The first-order valence-corrected chi connectivity index (χ1v) is 8.95. The Hall–Kier alpha value is -2.30. The van der Waals surface area contributed by atoms with E-state index < -0.39 is 0 Å². The standard InChI is InChI=1S/C19H15ClN2OS/c1-24-17-11-5-3-8-14(17)13-7-2-4-10-16(13)22-19(23)15-9-6-12-21-18(15)20/h2-12H,1H3,(H,22,23). The fourth-order valence-electron chi connectivity index (χ4n) is 2.44. The molecule has 0 aliphatic heterocycles. The number of amides is 1. The second kappa shape index (κ2) is 7.51. The zero-order valence-corrected chi connectivity index (χ0v) is 14.6. The van der Waals surface area contributed by atoms with Gasteiger partial charge in [0.05, 0.1) is 5.56 Å². The lowest BCUT2D eigenvalue weighted by Gasteiger charge is -2.14. The van der Waals surface area contributed by atoms with Gasteiger partial charge in [0.15, 0.2) is 0 Å². The fraction of sp³-hybridized carbons (Fsp3) is 0.0526. The molecular formula is C19H15ClN2OS. The van der Waals surface area contributed by atoms with E-state index in [-0.39, 0.29) is 11.1 Å². The third-order valence-electron chi connectivity index (χ3n) is 3.58. The molecule has 5 heteroatoms. The third-order valence-corrected chi connectivity index (χ3v) is 4.67. The van der Waals surface area contributed by atoms with E-state index >= 15 is 0 Å². The number of para-hydroxylation sites is 1. The topological polar surface area (TPSA) is 42.0 Å². The van der Waals surface area contributed by atoms with Gasteiger partial charge in [0.1, 0.15) is 5.15 Å². The van der Waals surface area contributed by atoms with Gasteiger partial charge in [-0.05, 0) is 36.1 Å². The zero-order chi connectivity index (χ0) is 16.9. The van der Waals surface area contributed by atoms with Gasteiger partial charge in [-0.15, -0.1) is 11.8 Å². The van der Waals surface area contributed by atoms with Crippen molar-refractivity contribution in [2.45, 2.75) is 4.90 Å². The number of hydrogen-bond donors (Lipinski definition) is 1. The van der Waals surface area contributed by atoms with Crippen LogP contribution in [0, 0.1) is 0 Å². The molecule has 0 spiro atoms. The van der Waals surface area contributed by atoms with Crippen molar-refractivity contribution in [3.05, 3.63) is 77.6 Å². The molecule has 0 saturated carbocycles. The molecule has 24 heavy (non-hydrogen) atoms. The van der Waals surface area contributed by atoms with Crippen molar-refractivity contribution in [2.75, 3.05) is 11.6 Å². The van der Waals surface area contributed by atoms with Crippen LogP contribution in [0.3, 0.4) is 0 Å². The number of pyridine rings is 1. The predicted molar refractivity (Wildman–Crippen MR) is 101 cm³/mol. The van der Waals surface area contributed by atoms with E-state index in [0.717, 1.165) is 21.7 Å². The predicted octanol–water partition coefficient (Wildman–Crippen LogP) is 5.38. The van der Waals surface area contributed by atoms with Gasteiger partial charge in [-0.25, -0.2) is 4.98 Å². The number of halogens is 1. The van der Waals surface area contributed by atoms with E-state index in [2.05, 4.69) is 16.4 Å². The van der Waals surface area contributed by atoms with Crippen LogP contribution in [0.4, 0.5) is 5.69 Å². The summed E-state index contributed by atoms with van der Waals surface area (Å²) in [5.74, 6) is -0.276. The second-order valence-electron chi connectivity index (χ2n) is 5.04. The molecule has 0 radical (unpaired) electrons. The number of nitrogens with one attached hydrogen (secondary N) is 1. The summed E-state index contributed by atoms with van der Waals surface area (Å²) in [6.45, 7) is 0. The van der Waals surface area contributed by atoms with E-state index in [9.17, 15) is 4.79 Å². The highest BCUT2D eigenvalue weighted by molar-refractivity contribution is 7.98. The summed E-state index contributed by atoms with van der Waals surface area (Å²) in [7, 11) is 0. The van der Waals surface area contributed by atoms with Crippen LogP contribution in [0.1, 0.15) is 10.4 Å². The van der Waals surface area contributed by atoms with Crippen LogP contribution in [-0.4, -0.2) is 17.1 Å². The maximum absolute atomic E-state index is 12.5. The molecule has 0 saturated heterocycles. The van der Waals surface area contributed by atoms with Crippen molar-refractivity contribution >= 4 is 35.0 Å². The van der Waals surface area contributed by atoms with Crippen molar-refractivity contribution in [1.29, 1.82) is 0 Å². The van der Waals surface area contributed by atoms with Gasteiger partial charge < -0.3 is 5.32 Å². The summed E-state index contributed by atoms with van der Waals surface area (Å²) in [4.78, 5) is 17.6.